The molecule has 0 spiro atoms. The highest BCUT2D eigenvalue weighted by Gasteiger charge is 2.24. The molecule has 3 N–H and O–H groups in total. The van der Waals surface area contributed by atoms with Crippen LogP contribution < -0.4 is 39.7 Å². The van der Waals surface area contributed by atoms with Gasteiger partial charge in [0.25, 0.3) is 0 Å². The smallest absolute Gasteiger partial charge is 0.0786 e. The van der Waals surface area contributed by atoms with Crippen LogP contribution in [-0.4, -0.2) is 37.2 Å². The van der Waals surface area contributed by atoms with Crippen molar-refractivity contribution in [2.45, 2.75) is 85.0 Å². The van der Waals surface area contributed by atoms with Gasteiger partial charge < -0.3 is 44.2 Å². The number of halogens is 2. The van der Waals surface area contributed by atoms with E-state index in [2.05, 4.69) is 26.5 Å². The lowest BCUT2D eigenvalue weighted by Crippen LogP contribution is -3.00. The summed E-state index contributed by atoms with van der Waals surface area (Å²) in [6, 6.07) is 0. The minimum absolute atomic E-state index is 0. The summed E-state index contributed by atoms with van der Waals surface area (Å²) in [5.41, 5.74) is 3.95. The van der Waals surface area contributed by atoms with Gasteiger partial charge in [-0.25, -0.2) is 0 Å². The second kappa shape index (κ2) is 19.9. The molecule has 0 aliphatic heterocycles. The summed E-state index contributed by atoms with van der Waals surface area (Å²) < 4.78 is 1.42. The van der Waals surface area contributed by atoms with Gasteiger partial charge in [0.05, 0.1) is 32.7 Å². The minimum Gasteiger partial charge on any atom is -1.00 e. The van der Waals surface area contributed by atoms with E-state index in [0.29, 0.717) is 0 Å². The molecule has 0 amide bonds. The van der Waals surface area contributed by atoms with E-state index < -0.39 is 0 Å². The summed E-state index contributed by atoms with van der Waals surface area (Å²) in [6.07, 6.45) is 13.8. The molecule has 0 bridgehead atoms. The van der Waals surface area contributed by atoms with Crippen molar-refractivity contribution in [3.8, 4) is 0 Å². The van der Waals surface area contributed by atoms with E-state index in [0.717, 1.165) is 6.54 Å². The van der Waals surface area contributed by atoms with Gasteiger partial charge in [0.2, 0.25) is 0 Å². The van der Waals surface area contributed by atoms with Gasteiger partial charge in [0.1, 0.15) is 0 Å². The lowest BCUT2D eigenvalue weighted by Gasteiger charge is -2.39. The number of quaternary nitrogens is 2. The third-order valence-electron chi connectivity index (χ3n) is 4.59. The van der Waals surface area contributed by atoms with Crippen molar-refractivity contribution in [1.82, 2.24) is 0 Å². The molecule has 0 saturated carbocycles. The highest BCUT2D eigenvalue weighted by Crippen LogP contribution is 2.17. The Morgan fingerprint density at radius 2 is 0.909 bits per heavy atom. The molecule has 0 aromatic rings. The number of hydrogen-bond acceptors (Lipinski definition) is 0. The Kier molecular flexibility index (Phi) is 25.1. The lowest BCUT2D eigenvalue weighted by molar-refractivity contribution is -0.929. The maximum absolute atomic E-state index is 3.95. The van der Waals surface area contributed by atoms with Gasteiger partial charge in [0, 0.05) is 0 Å². The van der Waals surface area contributed by atoms with Crippen molar-refractivity contribution in [3.05, 3.63) is 0 Å². The number of unbranched alkanes of at least 4 members (excludes halogenated alkanes) is 6. The molecule has 0 aliphatic carbocycles. The van der Waals surface area contributed by atoms with Crippen molar-refractivity contribution in [2.24, 2.45) is 0 Å². The van der Waals surface area contributed by atoms with Crippen LogP contribution in [-0.2, 0) is 0 Å². The fourth-order valence-corrected chi connectivity index (χ4v) is 3.13. The third kappa shape index (κ3) is 14.5. The van der Waals surface area contributed by atoms with Gasteiger partial charge in [-0.3, -0.25) is 0 Å². The Morgan fingerprint density at radius 1 is 0.545 bits per heavy atom. The summed E-state index contributed by atoms with van der Waals surface area (Å²) in [5.74, 6) is 0. The van der Waals surface area contributed by atoms with Crippen LogP contribution in [0.1, 0.15) is 85.0 Å². The Hall–Kier alpha value is 0.880. The molecule has 0 radical (unpaired) electrons. The van der Waals surface area contributed by atoms with Gasteiger partial charge in [-0.15, -0.1) is 0 Å². The molecule has 0 saturated heterocycles. The van der Waals surface area contributed by atoms with Crippen LogP contribution in [0.25, 0.3) is 0 Å². The van der Waals surface area contributed by atoms with Gasteiger partial charge in [-0.05, 0) is 44.9 Å². The first-order valence-corrected chi connectivity index (χ1v) is 9.39. The summed E-state index contributed by atoms with van der Waals surface area (Å²) in [7, 11) is 0. The summed E-state index contributed by atoms with van der Waals surface area (Å²) in [5, 5.41) is 0. The maximum Gasteiger partial charge on any atom is 0.0786 e. The van der Waals surface area contributed by atoms with Gasteiger partial charge in [-0.2, -0.15) is 0 Å². The fraction of sp³-hybridized carbons (Fsp3) is 1.00. The molecule has 138 valence electrons. The first-order valence-electron chi connectivity index (χ1n) is 9.39. The molecule has 0 aromatic heterocycles. The molecule has 22 heavy (non-hydrogen) atoms. The predicted molar refractivity (Wildman–Crippen MR) is 90.7 cm³/mol. The van der Waals surface area contributed by atoms with E-state index in [4.69, 9.17) is 0 Å². The Labute approximate surface area is 161 Å². The highest BCUT2D eigenvalue weighted by atomic mass is 79.9. The van der Waals surface area contributed by atoms with Crippen molar-refractivity contribution in [2.75, 3.05) is 32.7 Å². The minimum atomic E-state index is 0. The molecular formula is C18H42Br2N2. The molecule has 0 rings (SSSR count). The fourth-order valence-electron chi connectivity index (χ4n) is 3.13. The summed E-state index contributed by atoms with van der Waals surface area (Å²) in [4.78, 5) is 0. The lowest BCUT2D eigenvalue weighted by atomic mass is 10.1. The SMILES string of the molecule is CCCC[N+](CCCC)(CCCC)CCCCCC[NH3+].[Br-].[Br-]. The van der Waals surface area contributed by atoms with E-state index in [-0.39, 0.29) is 34.0 Å². The van der Waals surface area contributed by atoms with Crippen LogP contribution >= 0.6 is 0 Å². The average Bonchev–Trinajstić information content (AvgIpc) is 2.48. The van der Waals surface area contributed by atoms with Crippen LogP contribution in [0.5, 0.6) is 0 Å². The second-order valence-electron chi connectivity index (χ2n) is 6.56. The Morgan fingerprint density at radius 3 is 1.27 bits per heavy atom. The van der Waals surface area contributed by atoms with Crippen molar-refractivity contribution < 1.29 is 44.2 Å². The molecule has 0 aliphatic rings. The van der Waals surface area contributed by atoms with E-state index in [1.54, 1.807) is 0 Å². The second-order valence-corrected chi connectivity index (χ2v) is 6.56. The zero-order valence-corrected chi connectivity index (χ0v) is 18.7. The molecule has 0 fully saturated rings. The van der Waals surface area contributed by atoms with E-state index in [1.807, 2.05) is 0 Å². The third-order valence-corrected chi connectivity index (χ3v) is 4.59. The average molecular weight is 446 g/mol. The molecule has 0 unspecified atom stereocenters. The van der Waals surface area contributed by atoms with Crippen molar-refractivity contribution >= 4 is 0 Å². The first kappa shape index (κ1) is 27.7. The van der Waals surface area contributed by atoms with Crippen LogP contribution in [0.3, 0.4) is 0 Å². The van der Waals surface area contributed by atoms with Crippen molar-refractivity contribution in [1.29, 1.82) is 0 Å². The van der Waals surface area contributed by atoms with Gasteiger partial charge in [0.15, 0.2) is 0 Å². The van der Waals surface area contributed by atoms with E-state index in [1.165, 1.54) is 94.9 Å². The molecule has 4 heteroatoms. The van der Waals surface area contributed by atoms with Gasteiger partial charge in [-0.1, -0.05) is 40.0 Å². The normalized spacial score (nSPS) is 10.9. The quantitative estimate of drug-likeness (QED) is 0.223. The zero-order chi connectivity index (χ0) is 15.1. The van der Waals surface area contributed by atoms with Crippen LogP contribution in [0, 0.1) is 0 Å². The Bertz CT molecular complexity index is 180. The molecular weight excluding hydrogens is 404 g/mol. The number of hydrogen-bond donors (Lipinski definition) is 1. The molecule has 0 heterocycles. The number of nitrogens with zero attached hydrogens (tertiary/aromatic N) is 1. The zero-order valence-electron chi connectivity index (χ0n) is 15.5. The highest BCUT2D eigenvalue weighted by molar-refractivity contribution is 4.50. The van der Waals surface area contributed by atoms with E-state index in [9.17, 15) is 0 Å². The van der Waals surface area contributed by atoms with Gasteiger partial charge >= 0.3 is 0 Å². The van der Waals surface area contributed by atoms with E-state index >= 15 is 0 Å². The predicted octanol–water partition coefficient (Wildman–Crippen LogP) is -1.99. The molecule has 0 atom stereocenters. The van der Waals surface area contributed by atoms with Crippen LogP contribution in [0.2, 0.25) is 0 Å². The summed E-state index contributed by atoms with van der Waals surface area (Å²) in [6.45, 7) is 13.8. The maximum atomic E-state index is 3.95. The monoisotopic (exact) mass is 444 g/mol. The summed E-state index contributed by atoms with van der Waals surface area (Å²) >= 11 is 0. The largest absolute Gasteiger partial charge is 1.00 e. The number of rotatable bonds is 15. The van der Waals surface area contributed by atoms with Crippen LogP contribution in [0.15, 0.2) is 0 Å². The molecule has 2 nitrogen and oxygen atoms in total. The standard InChI is InChI=1S/C18H41N2.2BrH/c1-4-7-15-20(16-8-5-2,17-9-6-3)18-13-11-10-12-14-19;;/h4-19H2,1-3H3;2*1H/q+1;;/p-1. The topological polar surface area (TPSA) is 27.6 Å². The first-order chi connectivity index (χ1) is 9.74. The van der Waals surface area contributed by atoms with Crippen molar-refractivity contribution in [3.63, 3.8) is 0 Å². The Balaban J connectivity index is -0.00000180. The molecule has 0 aromatic carbocycles. The van der Waals surface area contributed by atoms with Crippen LogP contribution in [0.4, 0.5) is 0 Å².